The number of anilines is 1. The Labute approximate surface area is 170 Å². The van der Waals surface area contributed by atoms with E-state index in [1.807, 2.05) is 34.9 Å². The molecule has 1 heterocycles. The maximum atomic E-state index is 12.3. The van der Waals surface area contributed by atoms with Crippen LogP contribution in [0.5, 0.6) is 0 Å². The van der Waals surface area contributed by atoms with E-state index in [1.165, 1.54) is 11.8 Å². The van der Waals surface area contributed by atoms with E-state index < -0.39 is 0 Å². The maximum Gasteiger partial charge on any atom is 0.234 e. The average molecular weight is 423 g/mol. The van der Waals surface area contributed by atoms with Crippen molar-refractivity contribution in [1.29, 1.82) is 0 Å². The van der Waals surface area contributed by atoms with Gasteiger partial charge in [-0.2, -0.15) is 0 Å². The number of nitrogens with zero attached hydrogens (tertiary/aromatic N) is 3. The van der Waals surface area contributed by atoms with E-state index in [2.05, 4.69) is 15.5 Å². The number of nitrogens with one attached hydrogen (secondary N) is 1. The van der Waals surface area contributed by atoms with Crippen molar-refractivity contribution in [3.05, 3.63) is 64.4 Å². The number of benzene rings is 2. The monoisotopic (exact) mass is 422 g/mol. The molecule has 0 atom stereocenters. The summed E-state index contributed by atoms with van der Waals surface area (Å²) in [7, 11) is 1.60. The number of carbonyl (C=O) groups is 1. The topological polar surface area (TPSA) is 69.0 Å². The molecule has 1 aromatic heterocycles. The smallest absolute Gasteiger partial charge is 0.234 e. The fourth-order valence-electron chi connectivity index (χ4n) is 2.41. The van der Waals surface area contributed by atoms with Gasteiger partial charge in [0, 0.05) is 28.5 Å². The zero-order valence-electron chi connectivity index (χ0n) is 14.4. The van der Waals surface area contributed by atoms with Crippen LogP contribution in [0.25, 0.3) is 5.69 Å². The van der Waals surface area contributed by atoms with Crippen molar-refractivity contribution < 1.29 is 9.53 Å². The number of methoxy groups -OCH3 is 1. The molecule has 0 spiro atoms. The van der Waals surface area contributed by atoms with Crippen LogP contribution < -0.4 is 5.32 Å². The first-order valence-corrected chi connectivity index (χ1v) is 9.68. The zero-order chi connectivity index (χ0) is 19.2. The van der Waals surface area contributed by atoms with Gasteiger partial charge in [0.2, 0.25) is 5.91 Å². The van der Waals surface area contributed by atoms with Crippen LogP contribution in [0.3, 0.4) is 0 Å². The summed E-state index contributed by atoms with van der Waals surface area (Å²) in [6, 6.07) is 14.6. The number of carbonyl (C=O) groups excluding carboxylic acids is 1. The highest BCUT2D eigenvalue weighted by atomic mass is 35.5. The molecule has 0 saturated heterocycles. The van der Waals surface area contributed by atoms with E-state index >= 15 is 0 Å². The minimum absolute atomic E-state index is 0.155. The summed E-state index contributed by atoms with van der Waals surface area (Å²) in [6.07, 6.45) is 0. The lowest BCUT2D eigenvalue weighted by atomic mass is 10.3. The highest BCUT2D eigenvalue weighted by molar-refractivity contribution is 7.99. The van der Waals surface area contributed by atoms with E-state index in [0.717, 1.165) is 5.69 Å². The summed E-state index contributed by atoms with van der Waals surface area (Å²) >= 11 is 13.2. The van der Waals surface area contributed by atoms with Gasteiger partial charge in [-0.25, -0.2) is 0 Å². The van der Waals surface area contributed by atoms with Gasteiger partial charge in [-0.05, 0) is 30.3 Å². The number of aromatic nitrogens is 3. The van der Waals surface area contributed by atoms with Crippen LogP contribution in [0.2, 0.25) is 10.0 Å². The van der Waals surface area contributed by atoms with E-state index in [-0.39, 0.29) is 11.7 Å². The molecule has 6 nitrogen and oxygen atoms in total. The number of hydrogen-bond donors (Lipinski definition) is 1. The standard InChI is InChI=1S/C18H16Cl2N4O2S/c1-26-10-16-22-23-18(24(16)15-5-3-2-4-6-15)27-11-17(25)21-14-8-12(19)7-13(20)9-14/h2-9H,10-11H2,1H3,(H,21,25). The molecular weight excluding hydrogens is 407 g/mol. The molecule has 0 aliphatic carbocycles. The van der Waals surface area contributed by atoms with Gasteiger partial charge < -0.3 is 10.1 Å². The Hall–Kier alpha value is -2.06. The minimum Gasteiger partial charge on any atom is -0.377 e. The summed E-state index contributed by atoms with van der Waals surface area (Å²) in [5.74, 6) is 0.615. The van der Waals surface area contributed by atoms with Gasteiger partial charge in [0.05, 0.1) is 5.75 Å². The van der Waals surface area contributed by atoms with E-state index in [4.69, 9.17) is 27.9 Å². The molecule has 0 aliphatic rings. The van der Waals surface area contributed by atoms with E-state index in [9.17, 15) is 4.79 Å². The Bertz CT molecular complexity index is 914. The molecule has 0 bridgehead atoms. The second-order valence-electron chi connectivity index (χ2n) is 5.50. The third kappa shape index (κ3) is 5.23. The molecule has 0 radical (unpaired) electrons. The first kappa shape index (κ1) is 19.7. The summed E-state index contributed by atoms with van der Waals surface area (Å²) in [5.41, 5.74) is 1.45. The fraction of sp³-hybridized carbons (Fsp3) is 0.167. The lowest BCUT2D eigenvalue weighted by Gasteiger charge is -2.10. The van der Waals surface area contributed by atoms with Gasteiger partial charge in [0.25, 0.3) is 0 Å². The number of ether oxygens (including phenoxy) is 1. The molecule has 3 rings (SSSR count). The molecule has 0 unspecified atom stereocenters. The normalized spacial score (nSPS) is 10.8. The summed E-state index contributed by atoms with van der Waals surface area (Å²) in [5, 5.41) is 12.7. The Morgan fingerprint density at radius 3 is 2.52 bits per heavy atom. The Balaban J connectivity index is 1.73. The van der Waals surface area contributed by atoms with Crippen molar-refractivity contribution >= 4 is 46.6 Å². The Morgan fingerprint density at radius 1 is 1.15 bits per heavy atom. The molecule has 1 amide bonds. The molecule has 0 fully saturated rings. The molecular formula is C18H16Cl2N4O2S. The van der Waals surface area contributed by atoms with Gasteiger partial charge in [-0.1, -0.05) is 53.2 Å². The van der Waals surface area contributed by atoms with Crippen LogP contribution in [0.15, 0.2) is 53.7 Å². The van der Waals surface area contributed by atoms with Crippen molar-refractivity contribution in [3.8, 4) is 5.69 Å². The predicted octanol–water partition coefficient (Wildman–Crippen LogP) is 4.45. The molecule has 1 N–H and O–H groups in total. The van der Waals surface area contributed by atoms with Crippen LogP contribution in [0, 0.1) is 0 Å². The number of rotatable bonds is 7. The number of halogens is 2. The Kier molecular flexibility index (Phi) is 6.73. The Morgan fingerprint density at radius 2 is 1.85 bits per heavy atom. The van der Waals surface area contributed by atoms with Gasteiger partial charge in [0.15, 0.2) is 11.0 Å². The average Bonchev–Trinajstić information content (AvgIpc) is 3.03. The van der Waals surface area contributed by atoms with Crippen LogP contribution in [-0.4, -0.2) is 33.5 Å². The molecule has 27 heavy (non-hydrogen) atoms. The first-order chi connectivity index (χ1) is 13.1. The first-order valence-electron chi connectivity index (χ1n) is 7.94. The van der Waals surface area contributed by atoms with E-state index in [0.29, 0.717) is 33.3 Å². The largest absolute Gasteiger partial charge is 0.377 e. The SMILES string of the molecule is COCc1nnc(SCC(=O)Nc2cc(Cl)cc(Cl)c2)n1-c1ccccc1. The molecule has 2 aromatic carbocycles. The van der Waals surface area contributed by atoms with E-state index in [1.54, 1.807) is 25.3 Å². The minimum atomic E-state index is -0.200. The fourth-order valence-corrected chi connectivity index (χ4v) is 3.70. The maximum absolute atomic E-state index is 12.3. The van der Waals surface area contributed by atoms with Gasteiger partial charge in [0.1, 0.15) is 6.61 Å². The van der Waals surface area contributed by atoms with Crippen LogP contribution in [0.4, 0.5) is 5.69 Å². The second-order valence-corrected chi connectivity index (χ2v) is 7.31. The lowest BCUT2D eigenvalue weighted by molar-refractivity contribution is -0.113. The van der Waals surface area contributed by atoms with Crippen LogP contribution >= 0.6 is 35.0 Å². The second kappa shape index (κ2) is 9.23. The third-order valence-corrected chi connectivity index (χ3v) is 4.83. The summed E-state index contributed by atoms with van der Waals surface area (Å²) in [4.78, 5) is 12.3. The van der Waals surface area contributed by atoms with Crippen molar-refractivity contribution in [3.63, 3.8) is 0 Å². The van der Waals surface area contributed by atoms with Crippen LogP contribution in [-0.2, 0) is 16.1 Å². The highest BCUT2D eigenvalue weighted by Crippen LogP contribution is 2.24. The van der Waals surface area contributed by atoms with Gasteiger partial charge in [-0.15, -0.1) is 10.2 Å². The van der Waals surface area contributed by atoms with Gasteiger partial charge >= 0.3 is 0 Å². The third-order valence-electron chi connectivity index (χ3n) is 3.47. The summed E-state index contributed by atoms with van der Waals surface area (Å²) < 4.78 is 7.07. The highest BCUT2D eigenvalue weighted by Gasteiger charge is 2.16. The predicted molar refractivity (Wildman–Crippen MR) is 108 cm³/mol. The quantitative estimate of drug-likeness (QED) is 0.569. The molecule has 9 heteroatoms. The molecule has 3 aromatic rings. The molecule has 140 valence electrons. The zero-order valence-corrected chi connectivity index (χ0v) is 16.7. The van der Waals surface area contributed by atoms with Gasteiger partial charge in [-0.3, -0.25) is 9.36 Å². The van der Waals surface area contributed by atoms with Crippen molar-refractivity contribution in [2.45, 2.75) is 11.8 Å². The van der Waals surface area contributed by atoms with Crippen molar-refractivity contribution in [2.24, 2.45) is 0 Å². The molecule has 0 aliphatic heterocycles. The van der Waals surface area contributed by atoms with Crippen molar-refractivity contribution in [2.75, 3.05) is 18.2 Å². The summed E-state index contributed by atoms with van der Waals surface area (Å²) in [6.45, 7) is 0.315. The number of thioether (sulfide) groups is 1. The van der Waals surface area contributed by atoms with Crippen LogP contribution in [0.1, 0.15) is 5.82 Å². The number of hydrogen-bond acceptors (Lipinski definition) is 5. The lowest BCUT2D eigenvalue weighted by Crippen LogP contribution is -2.14. The number of para-hydroxylation sites is 1. The molecule has 0 saturated carbocycles. The van der Waals surface area contributed by atoms with Crippen molar-refractivity contribution in [1.82, 2.24) is 14.8 Å². The number of amides is 1.